The summed E-state index contributed by atoms with van der Waals surface area (Å²) in [7, 11) is -3.28. The zero-order valence-corrected chi connectivity index (χ0v) is 11.5. The third kappa shape index (κ3) is 3.61. The minimum atomic E-state index is -3.28. The minimum Gasteiger partial charge on any atom is -0.399 e. The average Bonchev–Trinajstić information content (AvgIpc) is 2.83. The first-order chi connectivity index (χ1) is 8.58. The summed E-state index contributed by atoms with van der Waals surface area (Å²) in [4.78, 5) is 6.03. The van der Waals surface area contributed by atoms with Crippen LogP contribution >= 0.6 is 11.8 Å². The highest BCUT2D eigenvalue weighted by Crippen LogP contribution is 2.21. The van der Waals surface area contributed by atoms with Gasteiger partial charge in [0.05, 0.1) is 12.4 Å². The maximum atomic E-state index is 11.9. The van der Waals surface area contributed by atoms with Gasteiger partial charge in [-0.05, 0) is 24.6 Å². The van der Waals surface area contributed by atoms with Crippen LogP contribution in [-0.2, 0) is 14.9 Å². The number of rotatable bonds is 5. The first-order valence-corrected chi connectivity index (χ1v) is 8.29. The first kappa shape index (κ1) is 13.7. The van der Waals surface area contributed by atoms with Crippen molar-refractivity contribution in [2.45, 2.75) is 11.3 Å². The molecule has 0 aromatic heterocycles. The van der Waals surface area contributed by atoms with E-state index in [4.69, 9.17) is 10.6 Å². The molecule has 0 aliphatic carbocycles. The largest absolute Gasteiger partial charge is 0.399 e. The Bertz CT molecular complexity index is 499. The van der Waals surface area contributed by atoms with E-state index >= 15 is 0 Å². The summed E-state index contributed by atoms with van der Waals surface area (Å²) in [5.74, 6) is 0.568. The van der Waals surface area contributed by atoms with Crippen LogP contribution in [-0.4, -0.2) is 37.5 Å². The van der Waals surface area contributed by atoms with Crippen molar-refractivity contribution in [3.05, 3.63) is 24.3 Å². The number of nitrogens with zero attached hydrogens (tertiary/aromatic N) is 1. The van der Waals surface area contributed by atoms with E-state index < -0.39 is 10.0 Å². The Hall–Kier alpha value is -0.760. The van der Waals surface area contributed by atoms with E-state index in [-0.39, 0.29) is 5.75 Å². The number of hydrogen-bond donors (Lipinski definition) is 1. The summed E-state index contributed by atoms with van der Waals surface area (Å²) in [5, 5.41) is 0. The van der Waals surface area contributed by atoms with Gasteiger partial charge in [-0.25, -0.2) is 8.42 Å². The Morgan fingerprint density at radius 1 is 1.44 bits per heavy atom. The number of hydrogen-bond acceptors (Lipinski definition) is 5. The molecule has 1 fully saturated rings. The predicted octanol–water partition coefficient (Wildman–Crippen LogP) is 1.33. The van der Waals surface area contributed by atoms with Crippen molar-refractivity contribution in [1.29, 1.82) is 0 Å². The minimum absolute atomic E-state index is 0.0759. The molecule has 0 spiro atoms. The molecule has 1 aromatic carbocycles. The standard InChI is InChI=1S/C11H16N2O3S2/c12-10-3-1-4-11(9-10)17-7-8-18(14,15)13-5-2-6-16-13/h1,3-4,9H,2,5-8,12H2. The van der Waals surface area contributed by atoms with E-state index in [1.807, 2.05) is 18.2 Å². The van der Waals surface area contributed by atoms with Gasteiger partial charge in [-0.1, -0.05) is 10.5 Å². The highest BCUT2D eigenvalue weighted by Gasteiger charge is 2.26. The number of anilines is 1. The highest BCUT2D eigenvalue weighted by atomic mass is 32.2. The van der Waals surface area contributed by atoms with Gasteiger partial charge in [0, 0.05) is 22.9 Å². The third-order valence-electron chi connectivity index (χ3n) is 2.50. The smallest absolute Gasteiger partial charge is 0.236 e. The van der Waals surface area contributed by atoms with Crippen LogP contribution in [0.15, 0.2) is 29.2 Å². The van der Waals surface area contributed by atoms with Gasteiger partial charge in [-0.2, -0.15) is 0 Å². The lowest BCUT2D eigenvalue weighted by atomic mass is 10.3. The molecule has 18 heavy (non-hydrogen) atoms. The van der Waals surface area contributed by atoms with Crippen LogP contribution in [0.2, 0.25) is 0 Å². The van der Waals surface area contributed by atoms with Crippen molar-refractivity contribution in [3.63, 3.8) is 0 Å². The summed E-state index contributed by atoms with van der Waals surface area (Å²) < 4.78 is 24.8. The molecule has 100 valence electrons. The summed E-state index contributed by atoms with van der Waals surface area (Å²) in [6.07, 6.45) is 0.765. The molecule has 0 amide bonds. The van der Waals surface area contributed by atoms with Crippen LogP contribution in [0.25, 0.3) is 0 Å². The molecule has 0 radical (unpaired) electrons. The lowest BCUT2D eigenvalue weighted by Crippen LogP contribution is -2.29. The van der Waals surface area contributed by atoms with E-state index in [2.05, 4.69) is 0 Å². The predicted molar refractivity (Wildman–Crippen MR) is 72.6 cm³/mol. The summed E-state index contributed by atoms with van der Waals surface area (Å²) in [6, 6.07) is 7.41. The van der Waals surface area contributed by atoms with Crippen molar-refractivity contribution >= 4 is 27.5 Å². The second kappa shape index (κ2) is 5.92. The van der Waals surface area contributed by atoms with Crippen molar-refractivity contribution < 1.29 is 13.3 Å². The average molecular weight is 288 g/mol. The molecule has 2 N–H and O–H groups in total. The van der Waals surface area contributed by atoms with Crippen LogP contribution in [0, 0.1) is 0 Å². The van der Waals surface area contributed by atoms with Crippen LogP contribution in [0.5, 0.6) is 0 Å². The maximum absolute atomic E-state index is 11.9. The molecule has 1 aliphatic heterocycles. The van der Waals surface area contributed by atoms with Crippen LogP contribution in [0.1, 0.15) is 6.42 Å². The summed E-state index contributed by atoms with van der Waals surface area (Å²) in [5.41, 5.74) is 6.34. The SMILES string of the molecule is Nc1cccc(SCCS(=O)(=O)N2CCCO2)c1. The van der Waals surface area contributed by atoms with Crippen LogP contribution < -0.4 is 5.73 Å². The van der Waals surface area contributed by atoms with Gasteiger partial charge in [-0.3, -0.25) is 4.84 Å². The summed E-state index contributed by atoms with van der Waals surface area (Å²) >= 11 is 1.48. The van der Waals surface area contributed by atoms with E-state index in [1.165, 1.54) is 11.8 Å². The second-order valence-electron chi connectivity index (χ2n) is 3.95. The number of benzene rings is 1. The van der Waals surface area contributed by atoms with E-state index in [1.54, 1.807) is 6.07 Å². The van der Waals surface area contributed by atoms with Crippen LogP contribution in [0.4, 0.5) is 5.69 Å². The maximum Gasteiger partial charge on any atom is 0.236 e. The molecule has 7 heteroatoms. The van der Waals surface area contributed by atoms with E-state index in [9.17, 15) is 8.42 Å². The van der Waals surface area contributed by atoms with Gasteiger partial charge < -0.3 is 5.73 Å². The Kier molecular flexibility index (Phi) is 4.50. The fraction of sp³-hybridized carbons (Fsp3) is 0.455. The number of sulfonamides is 1. The number of hydroxylamine groups is 1. The van der Waals surface area contributed by atoms with Gasteiger partial charge >= 0.3 is 0 Å². The Balaban J connectivity index is 1.84. The number of thioether (sulfide) groups is 1. The lowest BCUT2D eigenvalue weighted by molar-refractivity contribution is -0.0282. The molecule has 2 rings (SSSR count). The quantitative estimate of drug-likeness (QED) is 0.653. The molecular formula is C11H16N2O3S2. The Labute approximate surface area is 111 Å². The summed E-state index contributed by atoms with van der Waals surface area (Å²) in [6.45, 7) is 0.951. The number of nitrogen functional groups attached to an aromatic ring is 1. The van der Waals surface area contributed by atoms with E-state index in [0.717, 1.165) is 15.8 Å². The zero-order chi connectivity index (χ0) is 13.0. The molecule has 0 bridgehead atoms. The van der Waals surface area contributed by atoms with Crippen molar-refractivity contribution in [1.82, 2.24) is 4.47 Å². The van der Waals surface area contributed by atoms with Gasteiger partial charge in [0.2, 0.25) is 10.0 Å². The van der Waals surface area contributed by atoms with Crippen LogP contribution in [0.3, 0.4) is 0 Å². The third-order valence-corrected chi connectivity index (χ3v) is 5.38. The van der Waals surface area contributed by atoms with Crippen molar-refractivity contribution in [3.8, 4) is 0 Å². The second-order valence-corrected chi connectivity index (χ2v) is 7.10. The normalized spacial score (nSPS) is 17.1. The molecule has 0 saturated carbocycles. The van der Waals surface area contributed by atoms with Crippen molar-refractivity contribution in [2.75, 3.05) is 30.4 Å². The molecular weight excluding hydrogens is 272 g/mol. The van der Waals surface area contributed by atoms with Gasteiger partial charge in [0.15, 0.2) is 0 Å². The molecule has 0 unspecified atom stereocenters. The lowest BCUT2D eigenvalue weighted by Gasteiger charge is -2.13. The van der Waals surface area contributed by atoms with Gasteiger partial charge in [0.25, 0.3) is 0 Å². The Morgan fingerprint density at radius 3 is 2.94 bits per heavy atom. The molecule has 1 heterocycles. The first-order valence-electron chi connectivity index (χ1n) is 5.69. The molecule has 1 aromatic rings. The highest BCUT2D eigenvalue weighted by molar-refractivity contribution is 8.00. The zero-order valence-electron chi connectivity index (χ0n) is 9.91. The molecule has 1 saturated heterocycles. The molecule has 0 atom stereocenters. The van der Waals surface area contributed by atoms with Gasteiger partial charge in [-0.15, -0.1) is 11.8 Å². The van der Waals surface area contributed by atoms with E-state index in [0.29, 0.717) is 24.6 Å². The molecule has 5 nitrogen and oxygen atoms in total. The van der Waals surface area contributed by atoms with Gasteiger partial charge in [0.1, 0.15) is 0 Å². The molecule has 1 aliphatic rings. The fourth-order valence-corrected chi connectivity index (χ4v) is 4.27. The number of nitrogens with two attached hydrogens (primary N) is 1. The monoisotopic (exact) mass is 288 g/mol. The Morgan fingerprint density at radius 2 is 2.28 bits per heavy atom. The topological polar surface area (TPSA) is 72.6 Å². The van der Waals surface area contributed by atoms with Crippen molar-refractivity contribution in [2.24, 2.45) is 0 Å². The fourth-order valence-electron chi connectivity index (χ4n) is 1.61.